The molecule has 130 valence electrons. The van der Waals surface area contributed by atoms with Gasteiger partial charge in [-0.2, -0.15) is 5.10 Å². The predicted molar refractivity (Wildman–Crippen MR) is 101 cm³/mol. The number of benzene rings is 1. The van der Waals surface area contributed by atoms with Crippen LogP contribution in [0.5, 0.6) is 0 Å². The van der Waals surface area contributed by atoms with Crippen molar-refractivity contribution in [2.24, 2.45) is 16.4 Å². The van der Waals surface area contributed by atoms with Gasteiger partial charge in [-0.25, -0.2) is 4.39 Å². The van der Waals surface area contributed by atoms with Crippen LogP contribution >= 0.6 is 0 Å². The highest BCUT2D eigenvalue weighted by Gasteiger charge is 2.34. The van der Waals surface area contributed by atoms with Crippen LogP contribution in [0.4, 0.5) is 4.39 Å². The molecule has 1 aliphatic carbocycles. The zero-order valence-corrected chi connectivity index (χ0v) is 14.9. The summed E-state index contributed by atoms with van der Waals surface area (Å²) in [6.45, 7) is 12.9. The second-order valence-electron chi connectivity index (χ2n) is 6.97. The molecule has 24 heavy (non-hydrogen) atoms. The van der Waals surface area contributed by atoms with E-state index in [1.165, 1.54) is 44.2 Å². The topological polar surface area (TPSA) is 24.4 Å². The molecular weight excluding hydrogens is 299 g/mol. The minimum Gasteiger partial charge on any atom is -0.306 e. The van der Waals surface area contributed by atoms with Gasteiger partial charge in [0.1, 0.15) is 5.82 Å². The van der Waals surface area contributed by atoms with Gasteiger partial charge in [0.25, 0.3) is 0 Å². The minimum absolute atomic E-state index is 0.0758. The number of nitrogens with zero attached hydrogens (tertiary/aromatic N) is 1. The Bertz CT molecular complexity index is 614. The van der Waals surface area contributed by atoms with E-state index in [4.69, 9.17) is 0 Å². The molecule has 1 aliphatic rings. The van der Waals surface area contributed by atoms with E-state index < -0.39 is 0 Å². The van der Waals surface area contributed by atoms with Crippen LogP contribution in [-0.4, -0.2) is 12.3 Å². The summed E-state index contributed by atoms with van der Waals surface area (Å²) in [5, 5.41) is 4.57. The third-order valence-electron chi connectivity index (χ3n) is 5.43. The molecule has 0 amide bonds. The van der Waals surface area contributed by atoms with Crippen LogP contribution in [-0.2, 0) is 0 Å². The first-order valence-electron chi connectivity index (χ1n) is 8.82. The molecule has 1 aromatic carbocycles. The molecule has 0 saturated heterocycles. The van der Waals surface area contributed by atoms with Gasteiger partial charge >= 0.3 is 0 Å². The molecule has 0 radical (unpaired) electrons. The number of nitrogens with one attached hydrogen (secondary N) is 1. The first-order valence-corrected chi connectivity index (χ1v) is 8.82. The van der Waals surface area contributed by atoms with E-state index in [0.29, 0.717) is 12.5 Å². The van der Waals surface area contributed by atoms with Crippen LogP contribution in [0.15, 0.2) is 48.6 Å². The molecule has 3 heteroatoms. The number of rotatable bonds is 7. The van der Waals surface area contributed by atoms with Crippen molar-refractivity contribution >= 4 is 11.3 Å². The standard InChI is InChI=1S/C21H29FN2/c1-5-21(4,19-11-7-6-8-12-19)17(3)24-23-15-16(2)18-10-9-13-20(22)14-18/h5,9-10,13-14,19,23H,1-2,6-8,11-12,15H2,3-4H3/b24-17-. The average molecular weight is 328 g/mol. The van der Waals surface area contributed by atoms with Crippen LogP contribution in [0, 0.1) is 17.2 Å². The fourth-order valence-corrected chi connectivity index (χ4v) is 3.50. The maximum absolute atomic E-state index is 13.3. The normalized spacial score (nSPS) is 18.7. The van der Waals surface area contributed by atoms with Gasteiger partial charge in [0.2, 0.25) is 0 Å². The van der Waals surface area contributed by atoms with Crippen LogP contribution in [0.1, 0.15) is 51.5 Å². The summed E-state index contributed by atoms with van der Waals surface area (Å²) in [5.41, 5.74) is 5.70. The number of allylic oxidation sites excluding steroid dienone is 1. The number of hydrazone groups is 1. The van der Waals surface area contributed by atoms with Gasteiger partial charge in [0, 0.05) is 11.1 Å². The van der Waals surface area contributed by atoms with Crippen molar-refractivity contribution in [3.63, 3.8) is 0 Å². The smallest absolute Gasteiger partial charge is 0.123 e. The quantitative estimate of drug-likeness (QED) is 0.394. The monoisotopic (exact) mass is 328 g/mol. The number of hydrogen-bond donors (Lipinski definition) is 1. The molecule has 1 N–H and O–H groups in total. The molecule has 0 spiro atoms. The highest BCUT2D eigenvalue weighted by Crippen LogP contribution is 2.40. The van der Waals surface area contributed by atoms with E-state index in [9.17, 15) is 4.39 Å². The van der Waals surface area contributed by atoms with Crippen molar-refractivity contribution in [3.8, 4) is 0 Å². The van der Waals surface area contributed by atoms with Crippen molar-refractivity contribution in [2.75, 3.05) is 6.54 Å². The third-order valence-corrected chi connectivity index (χ3v) is 5.43. The Morgan fingerprint density at radius 3 is 2.71 bits per heavy atom. The zero-order valence-electron chi connectivity index (χ0n) is 14.9. The van der Waals surface area contributed by atoms with Crippen molar-refractivity contribution in [2.45, 2.75) is 46.0 Å². The lowest BCUT2D eigenvalue weighted by atomic mass is 9.67. The van der Waals surface area contributed by atoms with E-state index in [-0.39, 0.29) is 11.2 Å². The molecule has 2 nitrogen and oxygen atoms in total. The van der Waals surface area contributed by atoms with Crippen molar-refractivity contribution in [1.82, 2.24) is 5.43 Å². The molecule has 1 saturated carbocycles. The average Bonchev–Trinajstić information content (AvgIpc) is 2.61. The maximum Gasteiger partial charge on any atom is 0.123 e. The Morgan fingerprint density at radius 2 is 2.08 bits per heavy atom. The van der Waals surface area contributed by atoms with Gasteiger partial charge in [-0.3, -0.25) is 0 Å². The largest absolute Gasteiger partial charge is 0.306 e. The highest BCUT2D eigenvalue weighted by atomic mass is 19.1. The van der Waals surface area contributed by atoms with Gasteiger partial charge in [0.05, 0.1) is 6.54 Å². The summed E-state index contributed by atoms with van der Waals surface area (Å²) in [6.07, 6.45) is 8.46. The summed E-state index contributed by atoms with van der Waals surface area (Å²) in [7, 11) is 0. The molecule has 0 bridgehead atoms. The fourth-order valence-electron chi connectivity index (χ4n) is 3.50. The molecule has 0 aromatic heterocycles. The van der Waals surface area contributed by atoms with E-state index >= 15 is 0 Å². The van der Waals surface area contributed by atoms with Crippen LogP contribution in [0.25, 0.3) is 5.57 Å². The Morgan fingerprint density at radius 1 is 1.38 bits per heavy atom. The van der Waals surface area contributed by atoms with E-state index in [2.05, 4.69) is 37.5 Å². The molecule has 1 fully saturated rings. The van der Waals surface area contributed by atoms with E-state index in [1.54, 1.807) is 6.07 Å². The van der Waals surface area contributed by atoms with Crippen molar-refractivity contribution in [1.29, 1.82) is 0 Å². The Kier molecular flexibility index (Phi) is 6.36. The lowest BCUT2D eigenvalue weighted by Gasteiger charge is -2.37. The molecule has 1 unspecified atom stereocenters. The summed E-state index contributed by atoms with van der Waals surface area (Å²) in [5.74, 6) is 0.366. The summed E-state index contributed by atoms with van der Waals surface area (Å²) in [4.78, 5) is 0. The van der Waals surface area contributed by atoms with Gasteiger partial charge in [-0.1, -0.05) is 51.0 Å². The van der Waals surface area contributed by atoms with Gasteiger partial charge in [-0.15, -0.1) is 6.58 Å². The highest BCUT2D eigenvalue weighted by molar-refractivity contribution is 5.89. The minimum atomic E-state index is -0.245. The first-order chi connectivity index (χ1) is 11.5. The SMILES string of the molecule is C=CC(C)(/C(C)=N\NCC(=C)c1cccc(F)c1)C1CCCCC1. The third kappa shape index (κ3) is 4.34. The van der Waals surface area contributed by atoms with E-state index in [0.717, 1.165) is 16.8 Å². The molecule has 1 aromatic rings. The predicted octanol–water partition coefficient (Wildman–Crippen LogP) is 5.58. The summed E-state index contributed by atoms with van der Waals surface area (Å²) in [6, 6.07) is 6.49. The molecule has 1 atom stereocenters. The summed E-state index contributed by atoms with van der Waals surface area (Å²) >= 11 is 0. The number of halogens is 1. The van der Waals surface area contributed by atoms with Crippen LogP contribution < -0.4 is 5.43 Å². The van der Waals surface area contributed by atoms with Crippen LogP contribution in [0.3, 0.4) is 0 Å². The fraction of sp³-hybridized carbons (Fsp3) is 0.476. The lowest BCUT2D eigenvalue weighted by Crippen LogP contribution is -2.35. The van der Waals surface area contributed by atoms with Gasteiger partial charge < -0.3 is 5.43 Å². The Labute approximate surface area is 145 Å². The second-order valence-corrected chi connectivity index (χ2v) is 6.97. The van der Waals surface area contributed by atoms with Crippen LogP contribution in [0.2, 0.25) is 0 Å². The molecule has 0 heterocycles. The van der Waals surface area contributed by atoms with E-state index in [1.807, 2.05) is 12.1 Å². The van der Waals surface area contributed by atoms with Gasteiger partial charge in [-0.05, 0) is 49.0 Å². The summed E-state index contributed by atoms with van der Waals surface area (Å²) < 4.78 is 13.3. The second kappa shape index (κ2) is 8.27. The molecule has 2 rings (SSSR count). The first kappa shape index (κ1) is 18.4. The van der Waals surface area contributed by atoms with Crippen molar-refractivity contribution < 1.29 is 4.39 Å². The molecule has 0 aliphatic heterocycles. The lowest BCUT2D eigenvalue weighted by molar-refractivity contribution is 0.254. The number of hydrogen-bond acceptors (Lipinski definition) is 2. The zero-order chi connectivity index (χ0) is 17.6. The Hall–Kier alpha value is -1.90. The van der Waals surface area contributed by atoms with Crippen molar-refractivity contribution in [3.05, 3.63) is 54.9 Å². The maximum atomic E-state index is 13.3. The van der Waals surface area contributed by atoms with Gasteiger partial charge in [0.15, 0.2) is 0 Å². The Balaban J connectivity index is 1.99. The molecular formula is C21H29FN2.